The Morgan fingerprint density at radius 1 is 1.11 bits per heavy atom. The Balaban J connectivity index is 2.24. The van der Waals surface area contributed by atoms with E-state index in [0.717, 1.165) is 0 Å². The summed E-state index contributed by atoms with van der Waals surface area (Å²) in [5.41, 5.74) is 6.75. The van der Waals surface area contributed by atoms with Gasteiger partial charge in [0.15, 0.2) is 11.5 Å². The number of hydrogen-bond donors (Lipinski definition) is 3. The van der Waals surface area contributed by atoms with E-state index in [4.69, 9.17) is 5.73 Å². The molecule has 2 rings (SSSR count). The molecule has 0 aliphatic carbocycles. The maximum absolute atomic E-state index is 11.0. The molecule has 0 spiro atoms. The fourth-order valence-electron chi connectivity index (χ4n) is 1.51. The summed E-state index contributed by atoms with van der Waals surface area (Å²) >= 11 is 0. The Morgan fingerprint density at radius 3 is 2.58 bits per heavy atom. The van der Waals surface area contributed by atoms with Crippen LogP contribution in [-0.4, -0.2) is 22.3 Å². The lowest BCUT2D eigenvalue weighted by Gasteiger charge is -1.99. The molecule has 0 unspecified atom stereocenters. The molecule has 4 N–H and O–H groups in total. The minimum absolute atomic E-state index is 0.187. The smallest absolute Gasteiger partial charge is 0.248 e. The number of nitrogens with two attached hydrogens (primary N) is 1. The van der Waals surface area contributed by atoms with Crippen molar-refractivity contribution in [3.8, 4) is 11.5 Å². The van der Waals surface area contributed by atoms with Crippen molar-refractivity contribution in [1.82, 2.24) is 0 Å². The van der Waals surface area contributed by atoms with Crippen LogP contribution in [0.1, 0.15) is 15.9 Å². The normalized spacial score (nSPS) is 10.7. The summed E-state index contributed by atoms with van der Waals surface area (Å²) in [7, 11) is 0. The lowest BCUT2D eigenvalue weighted by atomic mass is 10.2. The van der Waals surface area contributed by atoms with Gasteiger partial charge in [0.05, 0.1) is 5.69 Å². The van der Waals surface area contributed by atoms with Gasteiger partial charge >= 0.3 is 0 Å². The number of rotatable bonds is 3. The number of aliphatic imine (C=N–C) groups is 1. The van der Waals surface area contributed by atoms with E-state index in [-0.39, 0.29) is 11.5 Å². The highest BCUT2D eigenvalue weighted by atomic mass is 16.3. The van der Waals surface area contributed by atoms with Crippen molar-refractivity contribution in [3.05, 3.63) is 53.6 Å². The Hall–Kier alpha value is -2.82. The lowest BCUT2D eigenvalue weighted by Crippen LogP contribution is -2.10. The first-order chi connectivity index (χ1) is 9.06. The molecule has 1 amide bonds. The van der Waals surface area contributed by atoms with Crippen LogP contribution in [0.3, 0.4) is 0 Å². The molecule has 96 valence electrons. The summed E-state index contributed by atoms with van der Waals surface area (Å²) in [5.74, 6) is -0.915. The number of nitrogens with zero attached hydrogens (tertiary/aromatic N) is 1. The van der Waals surface area contributed by atoms with Gasteiger partial charge in [-0.1, -0.05) is 6.07 Å². The van der Waals surface area contributed by atoms with E-state index in [1.807, 2.05) is 0 Å². The molecule has 2 aromatic rings. The monoisotopic (exact) mass is 256 g/mol. The van der Waals surface area contributed by atoms with Crippen LogP contribution < -0.4 is 5.73 Å². The third kappa shape index (κ3) is 3.10. The highest BCUT2D eigenvalue weighted by molar-refractivity contribution is 5.94. The molecule has 0 heterocycles. The van der Waals surface area contributed by atoms with Gasteiger partial charge in [0.2, 0.25) is 5.91 Å². The molecule has 0 fully saturated rings. The van der Waals surface area contributed by atoms with Crippen LogP contribution in [-0.2, 0) is 0 Å². The molecular formula is C14H12N2O3. The highest BCUT2D eigenvalue weighted by Crippen LogP contribution is 2.24. The van der Waals surface area contributed by atoms with Crippen molar-refractivity contribution < 1.29 is 15.0 Å². The van der Waals surface area contributed by atoms with Crippen LogP contribution in [0.15, 0.2) is 47.5 Å². The summed E-state index contributed by atoms with van der Waals surface area (Å²) in [6, 6.07) is 10.9. The Morgan fingerprint density at radius 2 is 1.89 bits per heavy atom. The number of carbonyl (C=O) groups excluding carboxylic acids is 1. The van der Waals surface area contributed by atoms with E-state index in [1.165, 1.54) is 18.3 Å². The van der Waals surface area contributed by atoms with Crippen molar-refractivity contribution in [2.45, 2.75) is 0 Å². The topological polar surface area (TPSA) is 95.9 Å². The standard InChI is InChI=1S/C14H12N2O3/c15-14(19)10-2-1-3-11(7-10)16-8-9-4-5-12(17)13(18)6-9/h1-8,17-18H,(H2,15,19). The van der Waals surface area contributed by atoms with Crippen LogP contribution in [0.2, 0.25) is 0 Å². The molecule has 0 saturated heterocycles. The van der Waals surface area contributed by atoms with Crippen LogP contribution in [0.5, 0.6) is 11.5 Å². The molecule has 5 heteroatoms. The summed E-state index contributed by atoms with van der Waals surface area (Å²) in [6.45, 7) is 0. The third-order valence-corrected chi connectivity index (χ3v) is 2.49. The molecule has 5 nitrogen and oxygen atoms in total. The van der Waals surface area contributed by atoms with Gasteiger partial charge in [0.25, 0.3) is 0 Å². The number of amides is 1. The molecule has 0 aromatic heterocycles. The Labute approximate surface area is 109 Å². The summed E-state index contributed by atoms with van der Waals surface area (Å²) in [4.78, 5) is 15.2. The number of benzene rings is 2. The molecule has 0 aliphatic rings. The number of carbonyl (C=O) groups is 1. The molecule has 0 aliphatic heterocycles. The lowest BCUT2D eigenvalue weighted by molar-refractivity contribution is 0.100. The first-order valence-corrected chi connectivity index (χ1v) is 5.52. The van der Waals surface area contributed by atoms with Gasteiger partial charge in [0.1, 0.15) is 0 Å². The van der Waals surface area contributed by atoms with Gasteiger partial charge in [-0.2, -0.15) is 0 Å². The average Bonchev–Trinajstić information content (AvgIpc) is 2.40. The second kappa shape index (κ2) is 5.22. The van der Waals surface area contributed by atoms with Crippen LogP contribution in [0.4, 0.5) is 5.69 Å². The van der Waals surface area contributed by atoms with Crippen molar-refractivity contribution >= 4 is 17.8 Å². The SMILES string of the molecule is NC(=O)c1cccc(N=Cc2ccc(O)c(O)c2)c1. The Bertz CT molecular complexity index is 651. The predicted molar refractivity (Wildman–Crippen MR) is 72.0 cm³/mol. The van der Waals surface area contributed by atoms with Crippen LogP contribution >= 0.6 is 0 Å². The fourth-order valence-corrected chi connectivity index (χ4v) is 1.51. The predicted octanol–water partition coefficient (Wildman–Crippen LogP) is 1.95. The Kier molecular flexibility index (Phi) is 3.47. The number of hydrogen-bond acceptors (Lipinski definition) is 4. The van der Waals surface area contributed by atoms with Crippen molar-refractivity contribution in [3.63, 3.8) is 0 Å². The van der Waals surface area contributed by atoms with Gasteiger partial charge in [-0.05, 0) is 42.0 Å². The minimum atomic E-state index is -0.515. The summed E-state index contributed by atoms with van der Waals surface area (Å²) in [6.07, 6.45) is 1.51. The van der Waals surface area contributed by atoms with Gasteiger partial charge in [-0.15, -0.1) is 0 Å². The first-order valence-electron chi connectivity index (χ1n) is 5.52. The van der Waals surface area contributed by atoms with E-state index in [2.05, 4.69) is 4.99 Å². The van der Waals surface area contributed by atoms with Crippen LogP contribution in [0.25, 0.3) is 0 Å². The van der Waals surface area contributed by atoms with E-state index in [1.54, 1.807) is 30.3 Å². The van der Waals surface area contributed by atoms with E-state index < -0.39 is 5.91 Å². The van der Waals surface area contributed by atoms with Crippen molar-refractivity contribution in [2.24, 2.45) is 10.7 Å². The molecule has 0 radical (unpaired) electrons. The number of aromatic hydroxyl groups is 2. The molecule has 19 heavy (non-hydrogen) atoms. The van der Waals surface area contributed by atoms with Gasteiger partial charge in [-0.3, -0.25) is 9.79 Å². The first kappa shape index (κ1) is 12.6. The maximum atomic E-state index is 11.0. The van der Waals surface area contributed by atoms with Gasteiger partial charge < -0.3 is 15.9 Å². The summed E-state index contributed by atoms with van der Waals surface area (Å²) in [5, 5.41) is 18.5. The quantitative estimate of drug-likeness (QED) is 0.578. The molecule has 2 aromatic carbocycles. The number of phenolic OH excluding ortho intramolecular Hbond substituents is 2. The molecule has 0 atom stereocenters. The average molecular weight is 256 g/mol. The van der Waals surface area contributed by atoms with E-state index >= 15 is 0 Å². The number of phenols is 2. The zero-order chi connectivity index (χ0) is 13.8. The van der Waals surface area contributed by atoms with Gasteiger partial charge in [-0.25, -0.2) is 0 Å². The zero-order valence-corrected chi connectivity index (χ0v) is 9.95. The largest absolute Gasteiger partial charge is 0.504 e. The second-order valence-corrected chi connectivity index (χ2v) is 3.92. The highest BCUT2D eigenvalue weighted by Gasteiger charge is 2.01. The zero-order valence-electron chi connectivity index (χ0n) is 9.95. The third-order valence-electron chi connectivity index (χ3n) is 2.49. The second-order valence-electron chi connectivity index (χ2n) is 3.92. The van der Waals surface area contributed by atoms with Gasteiger partial charge in [0, 0.05) is 11.8 Å². The van der Waals surface area contributed by atoms with Crippen LogP contribution in [0, 0.1) is 0 Å². The van der Waals surface area contributed by atoms with Crippen molar-refractivity contribution in [1.29, 1.82) is 0 Å². The fraction of sp³-hybridized carbons (Fsp3) is 0. The van der Waals surface area contributed by atoms with E-state index in [0.29, 0.717) is 16.8 Å². The molecule has 0 saturated carbocycles. The molecule has 0 bridgehead atoms. The van der Waals surface area contributed by atoms with E-state index in [9.17, 15) is 15.0 Å². The summed E-state index contributed by atoms with van der Waals surface area (Å²) < 4.78 is 0. The number of primary amides is 1. The molecular weight excluding hydrogens is 244 g/mol. The maximum Gasteiger partial charge on any atom is 0.248 e. The minimum Gasteiger partial charge on any atom is -0.504 e. The van der Waals surface area contributed by atoms with Crippen molar-refractivity contribution in [2.75, 3.05) is 0 Å².